The molecule has 0 bridgehead atoms. The summed E-state index contributed by atoms with van der Waals surface area (Å²) in [7, 11) is -1.83. The van der Waals surface area contributed by atoms with Crippen molar-refractivity contribution in [2.45, 2.75) is 71.9 Å². The standard InChI is InChI=1S/C17H31N3O4Si/c1-12(2)23-16(21)20-14-9-18-15(19-10-14)22-11-13(3)24-25(7,8)17(4,5)6/h9-10,12-13H,11H2,1-8H3,(H,20,21)/t13-/m1/s1. The number of ether oxygens (including phenoxy) is 2. The first-order chi connectivity index (χ1) is 11.4. The highest BCUT2D eigenvalue weighted by Gasteiger charge is 2.38. The number of carbonyl (C=O) groups excluding carboxylic acids is 1. The molecule has 1 N–H and O–H groups in total. The molecule has 142 valence electrons. The second kappa shape index (κ2) is 8.62. The molecule has 1 aromatic rings. The number of carbonyl (C=O) groups is 1. The van der Waals surface area contributed by atoms with Gasteiger partial charge < -0.3 is 13.9 Å². The zero-order valence-electron chi connectivity index (χ0n) is 16.5. The molecule has 0 fully saturated rings. The van der Waals surface area contributed by atoms with Gasteiger partial charge >= 0.3 is 12.1 Å². The summed E-state index contributed by atoms with van der Waals surface area (Å²) >= 11 is 0. The molecule has 1 amide bonds. The van der Waals surface area contributed by atoms with Crippen LogP contribution in [0.3, 0.4) is 0 Å². The van der Waals surface area contributed by atoms with Crippen molar-refractivity contribution in [1.29, 1.82) is 0 Å². The minimum Gasteiger partial charge on any atom is -0.461 e. The Kier molecular flexibility index (Phi) is 7.37. The molecular weight excluding hydrogens is 338 g/mol. The lowest BCUT2D eigenvalue weighted by molar-refractivity contribution is 0.123. The lowest BCUT2D eigenvalue weighted by Crippen LogP contribution is -2.44. The number of rotatable bonds is 7. The van der Waals surface area contributed by atoms with Gasteiger partial charge in [0.15, 0.2) is 8.32 Å². The van der Waals surface area contributed by atoms with Crippen molar-refractivity contribution in [3.63, 3.8) is 0 Å². The van der Waals surface area contributed by atoms with Crippen molar-refractivity contribution < 1.29 is 18.7 Å². The maximum absolute atomic E-state index is 11.5. The van der Waals surface area contributed by atoms with Gasteiger partial charge in [-0.2, -0.15) is 0 Å². The van der Waals surface area contributed by atoms with E-state index in [4.69, 9.17) is 13.9 Å². The Morgan fingerprint density at radius 2 is 1.76 bits per heavy atom. The molecule has 1 rings (SSSR count). The average Bonchev–Trinajstić information content (AvgIpc) is 2.44. The van der Waals surface area contributed by atoms with Crippen molar-refractivity contribution in [3.8, 4) is 6.01 Å². The van der Waals surface area contributed by atoms with Crippen LogP contribution < -0.4 is 10.1 Å². The number of amides is 1. The Hall–Kier alpha value is -1.67. The number of nitrogens with zero attached hydrogens (tertiary/aromatic N) is 2. The van der Waals surface area contributed by atoms with Crippen molar-refractivity contribution in [1.82, 2.24) is 9.97 Å². The normalized spacial score (nSPS) is 13.5. The minimum atomic E-state index is -1.83. The van der Waals surface area contributed by atoms with Crippen LogP contribution in [0.4, 0.5) is 10.5 Å². The van der Waals surface area contributed by atoms with E-state index in [2.05, 4.69) is 49.1 Å². The fraction of sp³-hybridized carbons (Fsp3) is 0.706. The van der Waals surface area contributed by atoms with Crippen molar-refractivity contribution in [2.24, 2.45) is 0 Å². The summed E-state index contributed by atoms with van der Waals surface area (Å²) in [4.78, 5) is 19.7. The average molecular weight is 370 g/mol. The molecule has 0 radical (unpaired) electrons. The SMILES string of the molecule is CC(C)OC(=O)Nc1cnc(OC[C@@H](C)O[Si](C)(C)C(C)(C)C)nc1. The summed E-state index contributed by atoms with van der Waals surface area (Å²) in [6, 6.07) is 0.244. The number of anilines is 1. The minimum absolute atomic E-state index is 0.0525. The molecule has 8 heteroatoms. The van der Waals surface area contributed by atoms with E-state index in [0.717, 1.165) is 0 Å². The third-order valence-corrected chi connectivity index (χ3v) is 8.57. The van der Waals surface area contributed by atoms with Crippen LogP contribution in [0.1, 0.15) is 41.5 Å². The van der Waals surface area contributed by atoms with Crippen LogP contribution in [0.5, 0.6) is 6.01 Å². The molecule has 25 heavy (non-hydrogen) atoms. The van der Waals surface area contributed by atoms with E-state index in [-0.39, 0.29) is 23.3 Å². The van der Waals surface area contributed by atoms with Gasteiger partial charge in [0.05, 0.1) is 30.3 Å². The van der Waals surface area contributed by atoms with Gasteiger partial charge in [-0.05, 0) is 38.9 Å². The first kappa shape index (κ1) is 21.4. The van der Waals surface area contributed by atoms with Crippen LogP contribution in [0, 0.1) is 0 Å². The second-order valence-corrected chi connectivity index (χ2v) is 12.6. The maximum atomic E-state index is 11.5. The Labute approximate surface area is 151 Å². The van der Waals surface area contributed by atoms with E-state index in [1.165, 1.54) is 12.4 Å². The van der Waals surface area contributed by atoms with Crippen LogP contribution in [-0.4, -0.2) is 43.2 Å². The molecule has 0 saturated heterocycles. The van der Waals surface area contributed by atoms with E-state index in [1.807, 2.05) is 6.92 Å². The predicted molar refractivity (Wildman–Crippen MR) is 101 cm³/mol. The summed E-state index contributed by atoms with van der Waals surface area (Å²) in [5.74, 6) is 0. The van der Waals surface area contributed by atoms with Gasteiger partial charge in [-0.25, -0.2) is 14.8 Å². The number of hydrogen-bond acceptors (Lipinski definition) is 6. The van der Waals surface area contributed by atoms with Gasteiger partial charge in [0.2, 0.25) is 0 Å². The van der Waals surface area contributed by atoms with Crippen LogP contribution in [0.2, 0.25) is 18.1 Å². The predicted octanol–water partition coefficient (Wildman–Crippen LogP) is 4.22. The molecular formula is C17H31N3O4Si. The van der Waals surface area contributed by atoms with Crippen LogP contribution in [0.25, 0.3) is 0 Å². The lowest BCUT2D eigenvalue weighted by Gasteiger charge is -2.38. The highest BCUT2D eigenvalue weighted by atomic mass is 28.4. The zero-order valence-corrected chi connectivity index (χ0v) is 17.5. The quantitative estimate of drug-likeness (QED) is 0.725. The Morgan fingerprint density at radius 3 is 2.24 bits per heavy atom. The van der Waals surface area contributed by atoms with E-state index in [0.29, 0.717) is 12.3 Å². The van der Waals surface area contributed by atoms with E-state index in [9.17, 15) is 4.79 Å². The van der Waals surface area contributed by atoms with Crippen molar-refractivity contribution >= 4 is 20.1 Å². The summed E-state index contributed by atoms with van der Waals surface area (Å²) in [5, 5.41) is 2.70. The Morgan fingerprint density at radius 1 is 1.20 bits per heavy atom. The molecule has 0 aliphatic carbocycles. The highest BCUT2D eigenvalue weighted by molar-refractivity contribution is 6.74. The maximum Gasteiger partial charge on any atom is 0.411 e. The summed E-state index contributed by atoms with van der Waals surface area (Å²) in [6.45, 7) is 16.9. The number of aromatic nitrogens is 2. The van der Waals surface area contributed by atoms with Crippen LogP contribution in [0.15, 0.2) is 12.4 Å². The molecule has 1 atom stereocenters. The topological polar surface area (TPSA) is 82.6 Å². The largest absolute Gasteiger partial charge is 0.461 e. The Bertz CT molecular complexity index is 556. The van der Waals surface area contributed by atoms with Crippen molar-refractivity contribution in [3.05, 3.63) is 12.4 Å². The molecule has 0 spiro atoms. The van der Waals surface area contributed by atoms with Crippen molar-refractivity contribution in [2.75, 3.05) is 11.9 Å². The van der Waals surface area contributed by atoms with Crippen LogP contribution in [-0.2, 0) is 9.16 Å². The number of nitrogens with one attached hydrogen (secondary N) is 1. The molecule has 7 nitrogen and oxygen atoms in total. The number of hydrogen-bond donors (Lipinski definition) is 1. The fourth-order valence-electron chi connectivity index (χ4n) is 1.72. The van der Waals surface area contributed by atoms with E-state index >= 15 is 0 Å². The first-order valence-corrected chi connectivity index (χ1v) is 11.4. The van der Waals surface area contributed by atoms with Gasteiger partial charge in [-0.1, -0.05) is 20.8 Å². The van der Waals surface area contributed by atoms with Gasteiger partial charge in [0, 0.05) is 0 Å². The summed E-state index contributed by atoms with van der Waals surface area (Å²) in [5.41, 5.74) is 0.448. The van der Waals surface area contributed by atoms with E-state index < -0.39 is 14.4 Å². The highest BCUT2D eigenvalue weighted by Crippen LogP contribution is 2.37. The van der Waals surface area contributed by atoms with Crippen LogP contribution >= 0.6 is 0 Å². The third-order valence-electron chi connectivity index (χ3n) is 3.97. The summed E-state index contributed by atoms with van der Waals surface area (Å²) < 4.78 is 16.8. The molecule has 0 unspecified atom stereocenters. The molecule has 0 aliphatic heterocycles. The molecule has 0 saturated carbocycles. The van der Waals surface area contributed by atoms with Gasteiger partial charge in [-0.3, -0.25) is 5.32 Å². The molecule has 0 aliphatic rings. The lowest BCUT2D eigenvalue weighted by atomic mass is 10.2. The van der Waals surface area contributed by atoms with Gasteiger partial charge in [-0.15, -0.1) is 0 Å². The second-order valence-electron chi connectivity index (χ2n) is 7.83. The zero-order chi connectivity index (χ0) is 19.3. The Balaban J connectivity index is 2.49. The monoisotopic (exact) mass is 369 g/mol. The fourth-order valence-corrected chi connectivity index (χ4v) is 3.15. The third kappa shape index (κ3) is 7.39. The molecule has 1 aromatic heterocycles. The molecule has 1 heterocycles. The first-order valence-electron chi connectivity index (χ1n) is 8.51. The smallest absolute Gasteiger partial charge is 0.411 e. The summed E-state index contributed by atoms with van der Waals surface area (Å²) in [6.07, 6.45) is 2.17. The molecule has 0 aromatic carbocycles. The van der Waals surface area contributed by atoms with E-state index in [1.54, 1.807) is 13.8 Å². The van der Waals surface area contributed by atoms with Gasteiger partial charge in [0.1, 0.15) is 6.61 Å². The van der Waals surface area contributed by atoms with Gasteiger partial charge in [0.25, 0.3) is 0 Å².